The molecule has 2 rings (SSSR count). The predicted octanol–water partition coefficient (Wildman–Crippen LogP) is 2.17. The van der Waals surface area contributed by atoms with Crippen LogP contribution >= 0.6 is 24.0 Å². The molecular formula is C16H31IN6O. The summed E-state index contributed by atoms with van der Waals surface area (Å²) in [7, 11) is 0. The maximum atomic E-state index is 5.08. The van der Waals surface area contributed by atoms with Crippen LogP contribution in [0.1, 0.15) is 44.8 Å². The van der Waals surface area contributed by atoms with Crippen molar-refractivity contribution in [3.8, 4) is 0 Å². The molecule has 2 N–H and O–H groups in total. The number of nitrogens with zero attached hydrogens (tertiary/aromatic N) is 4. The fourth-order valence-corrected chi connectivity index (χ4v) is 2.69. The van der Waals surface area contributed by atoms with Crippen molar-refractivity contribution in [3.05, 3.63) is 11.7 Å². The molecule has 24 heavy (non-hydrogen) atoms. The number of halogens is 1. The van der Waals surface area contributed by atoms with Crippen molar-refractivity contribution in [2.75, 3.05) is 32.7 Å². The van der Waals surface area contributed by atoms with Gasteiger partial charge in [-0.1, -0.05) is 12.1 Å². The van der Waals surface area contributed by atoms with E-state index in [1.165, 1.54) is 25.9 Å². The first kappa shape index (κ1) is 21.1. The number of hydrogen-bond donors (Lipinski definition) is 2. The third-order valence-electron chi connectivity index (χ3n) is 4.11. The van der Waals surface area contributed by atoms with E-state index in [9.17, 15) is 0 Å². The zero-order valence-electron chi connectivity index (χ0n) is 15.0. The highest BCUT2D eigenvalue weighted by atomic mass is 127. The molecular weight excluding hydrogens is 419 g/mol. The van der Waals surface area contributed by atoms with Gasteiger partial charge in [-0.05, 0) is 58.7 Å². The monoisotopic (exact) mass is 450 g/mol. The lowest BCUT2D eigenvalue weighted by atomic mass is 9.99. The Hall–Kier alpha value is -0.900. The lowest BCUT2D eigenvalue weighted by molar-refractivity contribution is 0.191. The first-order valence-electron chi connectivity index (χ1n) is 8.71. The Morgan fingerprint density at radius 1 is 1.33 bits per heavy atom. The topological polar surface area (TPSA) is 78.6 Å². The van der Waals surface area contributed by atoms with E-state index in [1.807, 2.05) is 6.92 Å². The zero-order valence-corrected chi connectivity index (χ0v) is 17.4. The highest BCUT2D eigenvalue weighted by Gasteiger charge is 2.14. The summed E-state index contributed by atoms with van der Waals surface area (Å²) in [6, 6.07) is 0. The Kier molecular flexibility index (Phi) is 10.2. The number of nitrogens with one attached hydrogen (secondary N) is 2. The molecule has 1 aliphatic rings. The van der Waals surface area contributed by atoms with Gasteiger partial charge in [0.1, 0.15) is 6.54 Å². The number of hydrogen-bond acceptors (Lipinski definition) is 5. The number of aryl methyl sites for hydroxylation is 1. The van der Waals surface area contributed by atoms with Crippen LogP contribution in [0.25, 0.3) is 0 Å². The summed E-state index contributed by atoms with van der Waals surface area (Å²) in [6.45, 7) is 12.0. The molecule has 8 heteroatoms. The van der Waals surface area contributed by atoms with E-state index in [0.717, 1.165) is 37.9 Å². The number of guanidine groups is 1. The van der Waals surface area contributed by atoms with E-state index in [2.05, 4.69) is 44.5 Å². The average Bonchev–Trinajstić information content (AvgIpc) is 2.96. The molecule has 0 atom stereocenters. The molecule has 1 aromatic heterocycles. The number of aliphatic imine (C=N–C) groups is 1. The number of likely N-dealkylation sites (tertiary alicyclic amines) is 1. The van der Waals surface area contributed by atoms with Crippen LogP contribution in [0.4, 0.5) is 0 Å². The fraction of sp³-hybridized carbons (Fsp3) is 0.812. The number of rotatable bonds is 7. The summed E-state index contributed by atoms with van der Waals surface area (Å²) in [6.07, 6.45) is 3.79. The maximum absolute atomic E-state index is 5.08. The summed E-state index contributed by atoms with van der Waals surface area (Å²) >= 11 is 0. The normalized spacial score (nSPS) is 16.7. The molecule has 0 aliphatic carbocycles. The van der Waals surface area contributed by atoms with Crippen LogP contribution in [0.3, 0.4) is 0 Å². The number of aromatic nitrogens is 2. The Morgan fingerprint density at radius 2 is 2.08 bits per heavy atom. The second-order valence-corrected chi connectivity index (χ2v) is 6.23. The molecule has 1 aliphatic heterocycles. The minimum Gasteiger partial charge on any atom is -0.357 e. The molecule has 7 nitrogen and oxygen atoms in total. The van der Waals surface area contributed by atoms with E-state index in [1.54, 1.807) is 0 Å². The Bertz CT molecular complexity index is 485. The first-order chi connectivity index (χ1) is 11.2. The van der Waals surface area contributed by atoms with Gasteiger partial charge in [-0.2, -0.15) is 4.98 Å². The SMILES string of the molecule is CCNC(=NCc1nc(C)no1)NCCCN1CCC(C)CC1.I. The molecule has 138 valence electrons. The molecule has 1 aromatic rings. The molecule has 0 unspecified atom stereocenters. The second kappa shape index (κ2) is 11.6. The fourth-order valence-electron chi connectivity index (χ4n) is 2.69. The molecule has 0 aromatic carbocycles. The average molecular weight is 450 g/mol. The summed E-state index contributed by atoms with van der Waals surface area (Å²) in [5.41, 5.74) is 0. The van der Waals surface area contributed by atoms with Crippen molar-refractivity contribution in [2.45, 2.75) is 46.6 Å². The van der Waals surface area contributed by atoms with Crippen LogP contribution in [0.15, 0.2) is 9.52 Å². The minimum absolute atomic E-state index is 0. The van der Waals surface area contributed by atoms with Gasteiger partial charge in [0.25, 0.3) is 0 Å². The lowest BCUT2D eigenvalue weighted by Crippen LogP contribution is -2.39. The third kappa shape index (κ3) is 7.78. The quantitative estimate of drug-likeness (QED) is 0.287. The zero-order chi connectivity index (χ0) is 16.5. The summed E-state index contributed by atoms with van der Waals surface area (Å²) < 4.78 is 5.08. The Labute approximate surface area is 162 Å². The molecule has 0 saturated carbocycles. The van der Waals surface area contributed by atoms with Crippen LogP contribution in [0, 0.1) is 12.8 Å². The van der Waals surface area contributed by atoms with E-state index >= 15 is 0 Å². The van der Waals surface area contributed by atoms with Gasteiger partial charge < -0.3 is 20.1 Å². The summed E-state index contributed by atoms with van der Waals surface area (Å²) in [5.74, 6) is 2.88. The van der Waals surface area contributed by atoms with E-state index < -0.39 is 0 Å². The molecule has 0 spiro atoms. The van der Waals surface area contributed by atoms with Crippen molar-refractivity contribution in [1.29, 1.82) is 0 Å². The van der Waals surface area contributed by atoms with Gasteiger partial charge in [0.05, 0.1) is 0 Å². The van der Waals surface area contributed by atoms with Gasteiger partial charge in [-0.25, -0.2) is 4.99 Å². The molecule has 1 saturated heterocycles. The molecule has 0 bridgehead atoms. The minimum atomic E-state index is 0. The van der Waals surface area contributed by atoms with Crippen LogP contribution in [-0.2, 0) is 6.54 Å². The standard InChI is InChI=1S/C16H30N6O.HI/c1-4-17-16(19-12-15-20-14(3)21-23-15)18-8-5-9-22-10-6-13(2)7-11-22;/h13H,4-12H2,1-3H3,(H2,17,18,19);1H. The van der Waals surface area contributed by atoms with Crippen molar-refractivity contribution < 1.29 is 4.52 Å². The van der Waals surface area contributed by atoms with Crippen molar-refractivity contribution in [1.82, 2.24) is 25.7 Å². The van der Waals surface area contributed by atoms with E-state index in [0.29, 0.717) is 18.3 Å². The third-order valence-corrected chi connectivity index (χ3v) is 4.11. The Morgan fingerprint density at radius 3 is 2.71 bits per heavy atom. The van der Waals surface area contributed by atoms with Gasteiger partial charge in [-0.15, -0.1) is 24.0 Å². The van der Waals surface area contributed by atoms with Gasteiger partial charge in [0, 0.05) is 13.1 Å². The molecule has 2 heterocycles. The van der Waals surface area contributed by atoms with Gasteiger partial charge in [0.15, 0.2) is 11.8 Å². The van der Waals surface area contributed by atoms with E-state index in [4.69, 9.17) is 4.52 Å². The van der Waals surface area contributed by atoms with E-state index in [-0.39, 0.29) is 24.0 Å². The maximum Gasteiger partial charge on any atom is 0.248 e. The highest BCUT2D eigenvalue weighted by Crippen LogP contribution is 2.15. The Balaban J connectivity index is 0.00000288. The second-order valence-electron chi connectivity index (χ2n) is 6.23. The van der Waals surface area contributed by atoms with Crippen molar-refractivity contribution in [2.24, 2.45) is 10.9 Å². The smallest absolute Gasteiger partial charge is 0.248 e. The predicted molar refractivity (Wildman–Crippen MR) is 107 cm³/mol. The van der Waals surface area contributed by atoms with Crippen LogP contribution in [-0.4, -0.2) is 53.7 Å². The molecule has 0 amide bonds. The van der Waals surface area contributed by atoms with Crippen molar-refractivity contribution in [3.63, 3.8) is 0 Å². The van der Waals surface area contributed by atoms with Gasteiger partial charge in [-0.3, -0.25) is 0 Å². The molecule has 0 radical (unpaired) electrons. The largest absolute Gasteiger partial charge is 0.357 e. The van der Waals surface area contributed by atoms with Crippen LogP contribution < -0.4 is 10.6 Å². The van der Waals surface area contributed by atoms with Crippen molar-refractivity contribution >= 4 is 29.9 Å². The lowest BCUT2D eigenvalue weighted by Gasteiger charge is -2.30. The summed E-state index contributed by atoms with van der Waals surface area (Å²) in [4.78, 5) is 11.2. The molecule has 1 fully saturated rings. The first-order valence-corrected chi connectivity index (χ1v) is 8.71. The van der Waals surface area contributed by atoms with Gasteiger partial charge in [0.2, 0.25) is 5.89 Å². The number of piperidine rings is 1. The van der Waals surface area contributed by atoms with Gasteiger partial charge >= 0.3 is 0 Å². The van der Waals surface area contributed by atoms with Crippen LogP contribution in [0.5, 0.6) is 0 Å². The van der Waals surface area contributed by atoms with Crippen LogP contribution in [0.2, 0.25) is 0 Å². The highest BCUT2D eigenvalue weighted by molar-refractivity contribution is 14.0. The summed E-state index contributed by atoms with van der Waals surface area (Å²) in [5, 5.41) is 10.4.